The second-order valence-corrected chi connectivity index (χ2v) is 7.76. The molecule has 2 atom stereocenters. The molecular weight excluding hydrogens is 284 g/mol. The molecule has 1 aromatic carbocycles. The van der Waals surface area contributed by atoms with Crippen LogP contribution >= 0.6 is 0 Å². The predicted octanol–water partition coefficient (Wildman–Crippen LogP) is 3.39. The summed E-state index contributed by atoms with van der Waals surface area (Å²) in [7, 11) is -3.60. The Hall–Kier alpha value is -1.36. The molecule has 1 aliphatic rings. The second kappa shape index (κ2) is 6.18. The van der Waals surface area contributed by atoms with E-state index in [4.69, 9.17) is 0 Å². The van der Waals surface area contributed by atoms with Gasteiger partial charge in [-0.05, 0) is 55.7 Å². The van der Waals surface area contributed by atoms with Crippen molar-refractivity contribution in [2.24, 2.45) is 16.9 Å². The van der Waals surface area contributed by atoms with E-state index in [0.717, 1.165) is 29.7 Å². The van der Waals surface area contributed by atoms with E-state index >= 15 is 0 Å². The lowest BCUT2D eigenvalue weighted by atomic mass is 9.81. The molecule has 2 rings (SSSR count). The molecule has 1 aliphatic carbocycles. The van der Waals surface area contributed by atoms with Crippen LogP contribution in [-0.4, -0.2) is 14.1 Å². The minimum atomic E-state index is -3.60. The first-order valence-corrected chi connectivity index (χ1v) is 8.96. The van der Waals surface area contributed by atoms with Crippen LogP contribution in [0.2, 0.25) is 0 Å². The number of aryl methyl sites for hydroxylation is 2. The van der Waals surface area contributed by atoms with Gasteiger partial charge in [0.25, 0.3) is 10.0 Å². The molecule has 21 heavy (non-hydrogen) atoms. The van der Waals surface area contributed by atoms with Crippen LogP contribution in [0.15, 0.2) is 28.2 Å². The highest BCUT2D eigenvalue weighted by Crippen LogP contribution is 2.26. The van der Waals surface area contributed by atoms with Gasteiger partial charge in [-0.15, -0.1) is 0 Å². The molecule has 0 unspecified atom stereocenters. The molecule has 1 fully saturated rings. The Labute approximate surface area is 127 Å². The second-order valence-electron chi connectivity index (χ2n) is 6.13. The van der Waals surface area contributed by atoms with Crippen molar-refractivity contribution < 1.29 is 8.42 Å². The first-order valence-electron chi connectivity index (χ1n) is 7.48. The topological polar surface area (TPSA) is 58.5 Å². The molecule has 0 heterocycles. The molecule has 0 spiro atoms. The molecule has 0 aromatic heterocycles. The van der Waals surface area contributed by atoms with Gasteiger partial charge in [-0.2, -0.15) is 13.5 Å². The van der Waals surface area contributed by atoms with E-state index in [9.17, 15) is 8.42 Å². The standard InChI is InChI=1S/C16H24N2O2S/c1-11-8-9-12(2)15(10-11)21(19,20)18-17-16-13(3)6-5-7-14(16)4/h8-10,13-14,18H,5-7H2,1-4H3/t13-,14-/m0/s1. The normalized spacial score (nSPS) is 23.0. The van der Waals surface area contributed by atoms with E-state index in [2.05, 4.69) is 23.8 Å². The molecular formula is C16H24N2O2S. The van der Waals surface area contributed by atoms with Crippen molar-refractivity contribution in [1.82, 2.24) is 4.83 Å². The third-order valence-electron chi connectivity index (χ3n) is 4.21. The highest BCUT2D eigenvalue weighted by Gasteiger charge is 2.24. The van der Waals surface area contributed by atoms with Crippen LogP contribution < -0.4 is 4.83 Å². The van der Waals surface area contributed by atoms with Gasteiger partial charge in [0.2, 0.25) is 0 Å². The molecule has 5 heteroatoms. The average Bonchev–Trinajstić information content (AvgIpc) is 2.41. The summed E-state index contributed by atoms with van der Waals surface area (Å²) in [5.74, 6) is 0.685. The zero-order chi connectivity index (χ0) is 15.6. The number of sulfonamides is 1. The number of nitrogens with zero attached hydrogens (tertiary/aromatic N) is 1. The van der Waals surface area contributed by atoms with Gasteiger partial charge in [-0.1, -0.05) is 32.4 Å². The van der Waals surface area contributed by atoms with Crippen molar-refractivity contribution in [3.8, 4) is 0 Å². The summed E-state index contributed by atoms with van der Waals surface area (Å²) in [5.41, 5.74) is 2.63. The monoisotopic (exact) mass is 308 g/mol. The van der Waals surface area contributed by atoms with E-state index in [-0.39, 0.29) is 0 Å². The molecule has 116 valence electrons. The number of hydrogen-bond donors (Lipinski definition) is 1. The van der Waals surface area contributed by atoms with E-state index in [1.807, 2.05) is 19.1 Å². The van der Waals surface area contributed by atoms with Crippen LogP contribution in [0.25, 0.3) is 0 Å². The average molecular weight is 308 g/mol. The minimum Gasteiger partial charge on any atom is -0.200 e. The smallest absolute Gasteiger partial charge is 0.200 e. The zero-order valence-electron chi connectivity index (χ0n) is 13.2. The fourth-order valence-corrected chi connectivity index (χ4v) is 4.05. The summed E-state index contributed by atoms with van der Waals surface area (Å²) in [5, 5.41) is 4.24. The minimum absolute atomic E-state index is 0.308. The molecule has 1 N–H and O–H groups in total. The van der Waals surface area contributed by atoms with Crippen molar-refractivity contribution in [2.75, 3.05) is 0 Å². The van der Waals surface area contributed by atoms with Gasteiger partial charge in [-0.25, -0.2) is 4.83 Å². The van der Waals surface area contributed by atoms with E-state index < -0.39 is 10.0 Å². The van der Waals surface area contributed by atoms with E-state index in [0.29, 0.717) is 16.7 Å². The van der Waals surface area contributed by atoms with E-state index in [1.165, 1.54) is 6.42 Å². The number of hydrogen-bond acceptors (Lipinski definition) is 3. The summed E-state index contributed by atoms with van der Waals surface area (Å²) in [4.78, 5) is 2.74. The number of rotatable bonds is 3. The SMILES string of the molecule is Cc1ccc(C)c(S(=O)(=O)NN=C2[C@@H](C)CCC[C@@H]2C)c1. The number of benzene rings is 1. The third-order valence-corrected chi connectivity index (χ3v) is 5.56. The van der Waals surface area contributed by atoms with Crippen LogP contribution in [0.3, 0.4) is 0 Å². The van der Waals surface area contributed by atoms with Crippen molar-refractivity contribution in [3.05, 3.63) is 29.3 Å². The lowest BCUT2D eigenvalue weighted by Gasteiger charge is -2.26. The summed E-state index contributed by atoms with van der Waals surface area (Å²) < 4.78 is 24.9. The lowest BCUT2D eigenvalue weighted by molar-refractivity contribution is 0.483. The van der Waals surface area contributed by atoms with Gasteiger partial charge in [0.05, 0.1) is 4.90 Å². The molecule has 1 saturated carbocycles. The van der Waals surface area contributed by atoms with Crippen LogP contribution in [-0.2, 0) is 10.0 Å². The molecule has 0 radical (unpaired) electrons. The number of hydrazone groups is 1. The maximum absolute atomic E-state index is 12.4. The van der Waals surface area contributed by atoms with Crippen molar-refractivity contribution in [1.29, 1.82) is 0 Å². The van der Waals surface area contributed by atoms with E-state index in [1.54, 1.807) is 13.0 Å². The Kier molecular flexibility index (Phi) is 4.71. The predicted molar refractivity (Wildman–Crippen MR) is 85.9 cm³/mol. The van der Waals surface area contributed by atoms with Crippen LogP contribution in [0.5, 0.6) is 0 Å². The van der Waals surface area contributed by atoms with Crippen molar-refractivity contribution >= 4 is 15.7 Å². The zero-order valence-corrected chi connectivity index (χ0v) is 14.0. The summed E-state index contributed by atoms with van der Waals surface area (Å²) in [6, 6.07) is 5.42. The number of nitrogens with one attached hydrogen (secondary N) is 1. The highest BCUT2D eigenvalue weighted by molar-refractivity contribution is 7.89. The van der Waals surface area contributed by atoms with Gasteiger partial charge in [-0.3, -0.25) is 0 Å². The maximum atomic E-state index is 12.4. The fraction of sp³-hybridized carbons (Fsp3) is 0.562. The highest BCUT2D eigenvalue weighted by atomic mass is 32.2. The molecule has 0 amide bonds. The van der Waals surface area contributed by atoms with Crippen LogP contribution in [0, 0.1) is 25.7 Å². The Morgan fingerprint density at radius 3 is 2.38 bits per heavy atom. The molecule has 0 bridgehead atoms. The largest absolute Gasteiger partial charge is 0.276 e. The molecule has 0 saturated heterocycles. The molecule has 4 nitrogen and oxygen atoms in total. The quantitative estimate of drug-likeness (QED) is 0.870. The first kappa shape index (κ1) is 16.0. The molecule has 1 aromatic rings. The van der Waals surface area contributed by atoms with Gasteiger partial charge in [0.1, 0.15) is 0 Å². The Morgan fingerprint density at radius 2 is 1.76 bits per heavy atom. The van der Waals surface area contributed by atoms with Crippen molar-refractivity contribution in [3.63, 3.8) is 0 Å². The Balaban J connectivity index is 2.27. The van der Waals surface area contributed by atoms with Gasteiger partial charge in [0, 0.05) is 5.71 Å². The fourth-order valence-electron chi connectivity index (χ4n) is 2.89. The Bertz CT molecular complexity index is 638. The van der Waals surface area contributed by atoms with Gasteiger partial charge >= 0.3 is 0 Å². The summed E-state index contributed by atoms with van der Waals surface area (Å²) in [6.07, 6.45) is 3.34. The van der Waals surface area contributed by atoms with Crippen LogP contribution in [0.1, 0.15) is 44.2 Å². The third kappa shape index (κ3) is 3.64. The van der Waals surface area contributed by atoms with Crippen LogP contribution in [0.4, 0.5) is 0 Å². The maximum Gasteiger partial charge on any atom is 0.276 e. The van der Waals surface area contributed by atoms with Gasteiger partial charge in [0.15, 0.2) is 0 Å². The van der Waals surface area contributed by atoms with Crippen molar-refractivity contribution in [2.45, 2.75) is 51.9 Å². The first-order chi connectivity index (χ1) is 9.81. The lowest BCUT2D eigenvalue weighted by Crippen LogP contribution is -2.29. The summed E-state index contributed by atoms with van der Waals surface area (Å²) in [6.45, 7) is 7.91. The Morgan fingerprint density at radius 1 is 1.14 bits per heavy atom. The summed E-state index contributed by atoms with van der Waals surface area (Å²) >= 11 is 0. The molecule has 0 aliphatic heterocycles. The van der Waals surface area contributed by atoms with Gasteiger partial charge < -0.3 is 0 Å².